The second-order valence-electron chi connectivity index (χ2n) is 6.44. The summed E-state index contributed by atoms with van der Waals surface area (Å²) in [5.41, 5.74) is 0. The van der Waals surface area contributed by atoms with Crippen LogP contribution in [0.3, 0.4) is 0 Å². The fourth-order valence-corrected chi connectivity index (χ4v) is 2.51. The molecule has 17 heavy (non-hydrogen) atoms. The van der Waals surface area contributed by atoms with E-state index in [0.717, 1.165) is 6.04 Å². The summed E-state index contributed by atoms with van der Waals surface area (Å²) in [6.07, 6.45) is 0. The van der Waals surface area contributed by atoms with Gasteiger partial charge in [0.2, 0.25) is 0 Å². The Bertz CT molecular complexity index is 248. The van der Waals surface area contributed by atoms with Crippen molar-refractivity contribution in [3.63, 3.8) is 0 Å². The Balaban J connectivity index is 3.85. The van der Waals surface area contributed by atoms with Crippen LogP contribution in [0, 0.1) is 0 Å². The van der Waals surface area contributed by atoms with Gasteiger partial charge >= 0.3 is 0 Å². The molecular formula is C10H26NO4PSi. The molecule has 0 aromatic rings. The molecule has 0 heterocycles. The van der Waals surface area contributed by atoms with Crippen molar-refractivity contribution in [2.75, 3.05) is 40.9 Å². The first-order valence-electron chi connectivity index (χ1n) is 5.82. The van der Waals surface area contributed by atoms with Crippen LogP contribution in [-0.2, 0) is 13.6 Å². The third-order valence-corrected chi connectivity index (χ3v) is 4.81. The van der Waals surface area contributed by atoms with Gasteiger partial charge in [-0.15, -0.1) is 0 Å². The number of phosphoric ester groups is 1. The fourth-order valence-electron chi connectivity index (χ4n) is 0.927. The normalized spacial score (nSPS) is 16.9. The Morgan fingerprint density at radius 1 is 1.12 bits per heavy atom. The quantitative estimate of drug-likeness (QED) is 0.385. The summed E-state index contributed by atoms with van der Waals surface area (Å²) >= 11 is 0. The van der Waals surface area contributed by atoms with E-state index in [1.54, 1.807) is 0 Å². The van der Waals surface area contributed by atoms with Crippen molar-refractivity contribution >= 4 is 15.9 Å². The Labute approximate surface area is 106 Å². The molecule has 5 nitrogen and oxygen atoms in total. The van der Waals surface area contributed by atoms with Gasteiger partial charge in [-0.1, -0.05) is 19.6 Å². The molecule has 0 saturated carbocycles. The molecular weight excluding hydrogens is 257 g/mol. The topological polar surface area (TPSA) is 58.6 Å². The molecule has 0 bridgehead atoms. The SMILES string of the molecule is C[N+](C)(C)CCOP(=O)([O-])OCC[Si](C)(C)C. The number of nitrogens with zero attached hydrogens (tertiary/aromatic N) is 1. The highest BCUT2D eigenvalue weighted by Crippen LogP contribution is 2.38. The maximum atomic E-state index is 11.4. The lowest BCUT2D eigenvalue weighted by Gasteiger charge is -2.27. The zero-order valence-electron chi connectivity index (χ0n) is 11.9. The van der Waals surface area contributed by atoms with Gasteiger partial charge in [-0.05, 0) is 6.04 Å². The van der Waals surface area contributed by atoms with Crippen molar-refractivity contribution in [3.05, 3.63) is 0 Å². The van der Waals surface area contributed by atoms with Crippen LogP contribution in [0.25, 0.3) is 0 Å². The van der Waals surface area contributed by atoms with Gasteiger partial charge in [-0.3, -0.25) is 4.57 Å². The van der Waals surface area contributed by atoms with Crippen molar-refractivity contribution in [1.82, 2.24) is 0 Å². The zero-order chi connectivity index (χ0) is 13.7. The van der Waals surface area contributed by atoms with E-state index < -0.39 is 15.9 Å². The van der Waals surface area contributed by atoms with E-state index in [9.17, 15) is 9.46 Å². The molecule has 7 heteroatoms. The first-order chi connectivity index (χ1) is 7.41. The van der Waals surface area contributed by atoms with Gasteiger partial charge in [0.15, 0.2) is 0 Å². The molecule has 0 aromatic carbocycles. The Hall–Kier alpha value is 0.287. The number of hydrogen-bond acceptors (Lipinski definition) is 4. The zero-order valence-corrected chi connectivity index (χ0v) is 13.8. The van der Waals surface area contributed by atoms with E-state index in [-0.39, 0.29) is 13.2 Å². The summed E-state index contributed by atoms with van der Waals surface area (Å²) in [5.74, 6) is 0. The van der Waals surface area contributed by atoms with E-state index in [1.807, 2.05) is 21.1 Å². The minimum absolute atomic E-state index is 0.164. The molecule has 0 rings (SSSR count). The fraction of sp³-hybridized carbons (Fsp3) is 1.00. The Morgan fingerprint density at radius 2 is 1.59 bits per heavy atom. The lowest BCUT2D eigenvalue weighted by molar-refractivity contribution is -0.870. The molecule has 0 aliphatic heterocycles. The highest BCUT2D eigenvalue weighted by atomic mass is 31.2. The Morgan fingerprint density at radius 3 is 2.00 bits per heavy atom. The third kappa shape index (κ3) is 12.5. The predicted octanol–water partition coefficient (Wildman–Crippen LogP) is 1.53. The lowest BCUT2D eigenvalue weighted by atomic mass is 10.5. The van der Waals surface area contributed by atoms with Crippen LogP contribution in [0.4, 0.5) is 0 Å². The van der Waals surface area contributed by atoms with Gasteiger partial charge in [-0.25, -0.2) is 0 Å². The first kappa shape index (κ1) is 17.3. The minimum atomic E-state index is -4.10. The van der Waals surface area contributed by atoms with Crippen LogP contribution in [0.15, 0.2) is 0 Å². The molecule has 0 aliphatic rings. The molecule has 0 amide bonds. The van der Waals surface area contributed by atoms with E-state index in [0.29, 0.717) is 11.0 Å². The maximum absolute atomic E-state index is 11.4. The maximum Gasteiger partial charge on any atom is 0.268 e. The smallest absolute Gasteiger partial charge is 0.268 e. The van der Waals surface area contributed by atoms with Gasteiger partial charge in [0.05, 0.1) is 27.7 Å². The molecule has 0 radical (unpaired) electrons. The minimum Gasteiger partial charge on any atom is -0.756 e. The molecule has 0 aromatic heterocycles. The first-order valence-corrected chi connectivity index (χ1v) is 11.0. The second-order valence-corrected chi connectivity index (χ2v) is 13.5. The monoisotopic (exact) mass is 283 g/mol. The van der Waals surface area contributed by atoms with Crippen LogP contribution in [0.5, 0.6) is 0 Å². The number of rotatable bonds is 8. The molecule has 0 N–H and O–H groups in total. The highest BCUT2D eigenvalue weighted by Gasteiger charge is 2.16. The van der Waals surface area contributed by atoms with Gasteiger partial charge < -0.3 is 18.4 Å². The van der Waals surface area contributed by atoms with Gasteiger partial charge in [-0.2, -0.15) is 0 Å². The molecule has 0 aliphatic carbocycles. The average molecular weight is 283 g/mol. The third-order valence-electron chi connectivity index (χ3n) is 2.11. The van der Waals surface area contributed by atoms with E-state index in [2.05, 4.69) is 19.6 Å². The van der Waals surface area contributed by atoms with E-state index >= 15 is 0 Å². The second kappa shape index (κ2) is 6.45. The molecule has 0 saturated heterocycles. The van der Waals surface area contributed by atoms with Crippen molar-refractivity contribution in [3.8, 4) is 0 Å². The van der Waals surface area contributed by atoms with Crippen LogP contribution in [0.2, 0.25) is 25.7 Å². The molecule has 1 atom stereocenters. The predicted molar refractivity (Wildman–Crippen MR) is 70.6 cm³/mol. The van der Waals surface area contributed by atoms with Gasteiger partial charge in [0.1, 0.15) is 13.2 Å². The van der Waals surface area contributed by atoms with Crippen molar-refractivity contribution in [2.45, 2.75) is 25.7 Å². The van der Waals surface area contributed by atoms with Crippen molar-refractivity contribution in [1.29, 1.82) is 0 Å². The summed E-state index contributed by atoms with van der Waals surface area (Å²) in [7, 11) is 0.568. The molecule has 0 spiro atoms. The van der Waals surface area contributed by atoms with E-state index in [1.165, 1.54) is 0 Å². The summed E-state index contributed by atoms with van der Waals surface area (Å²) < 4.78 is 21.7. The number of hydrogen-bond donors (Lipinski definition) is 0. The summed E-state index contributed by atoms with van der Waals surface area (Å²) in [6, 6.07) is 0.817. The van der Waals surface area contributed by atoms with Crippen LogP contribution in [0.1, 0.15) is 0 Å². The number of likely N-dealkylation sites (N-methyl/N-ethyl adjacent to an activating group) is 1. The highest BCUT2D eigenvalue weighted by molar-refractivity contribution is 7.45. The van der Waals surface area contributed by atoms with Crippen molar-refractivity contribution in [2.24, 2.45) is 0 Å². The molecule has 104 valence electrons. The largest absolute Gasteiger partial charge is 0.756 e. The summed E-state index contributed by atoms with van der Waals surface area (Å²) in [4.78, 5) is 11.4. The molecule has 0 fully saturated rings. The van der Waals surface area contributed by atoms with Crippen LogP contribution >= 0.6 is 7.82 Å². The molecule has 1 unspecified atom stereocenters. The van der Waals surface area contributed by atoms with Gasteiger partial charge in [0, 0.05) is 8.07 Å². The van der Waals surface area contributed by atoms with Gasteiger partial charge in [0.25, 0.3) is 7.82 Å². The number of quaternary nitrogens is 1. The Kier molecular flexibility index (Phi) is 6.56. The standard InChI is InChI=1S/C10H26NO4PSi/c1-11(2,3)7-8-14-16(12,13)15-9-10-17(4,5)6/h7-10H2,1-6H3. The van der Waals surface area contributed by atoms with Crippen molar-refractivity contribution < 1.29 is 23.0 Å². The van der Waals surface area contributed by atoms with Crippen LogP contribution < -0.4 is 4.89 Å². The average Bonchev–Trinajstić information content (AvgIpc) is 1.96. The summed E-state index contributed by atoms with van der Waals surface area (Å²) in [5, 5.41) is 0. The number of phosphoric acid groups is 1. The lowest BCUT2D eigenvalue weighted by Crippen LogP contribution is -2.37. The van der Waals surface area contributed by atoms with Crippen LogP contribution in [-0.4, -0.2) is 53.5 Å². The summed E-state index contributed by atoms with van der Waals surface area (Å²) in [6.45, 7) is 7.54. The van der Waals surface area contributed by atoms with E-state index in [4.69, 9.17) is 9.05 Å².